The molecule has 1 amide bonds. The Morgan fingerprint density at radius 3 is 2.63 bits per heavy atom. The molecule has 1 aromatic heterocycles. The largest absolute Gasteiger partial charge is 0.481 e. The van der Waals surface area contributed by atoms with Crippen LogP contribution in [0.15, 0.2) is 36.2 Å². The van der Waals surface area contributed by atoms with Gasteiger partial charge in [0.1, 0.15) is 17.5 Å². The van der Waals surface area contributed by atoms with Crippen LogP contribution in [0.25, 0.3) is 0 Å². The number of carboxylic acid groups (broad SMARTS) is 1. The lowest BCUT2D eigenvalue weighted by Crippen LogP contribution is -2.44. The number of piperazine rings is 1. The number of carbonyl (C=O) groups excluding carboxylic acids is 1. The first-order chi connectivity index (χ1) is 13.1. The fourth-order valence-corrected chi connectivity index (χ4v) is 2.82. The summed E-state index contributed by atoms with van der Waals surface area (Å²) in [6.45, 7) is 3.41. The van der Waals surface area contributed by atoms with Crippen molar-refractivity contribution >= 4 is 17.7 Å². The van der Waals surface area contributed by atoms with Gasteiger partial charge in [0.15, 0.2) is 0 Å². The standard InChI is InChI=1S/C19H25N5O3/c20-14-16(19(27)22-9-4-1-2-7-18(25)26)15-23-10-12-24(13-11-23)17-6-3-5-8-21-17/h3,5-6,8,15H,1-2,4,7,9-13H2,(H,22,27)(H,25,26)/b16-15-. The number of aliphatic carboxylic acids is 1. The second-order valence-corrected chi connectivity index (χ2v) is 6.33. The first-order valence-corrected chi connectivity index (χ1v) is 9.12. The van der Waals surface area contributed by atoms with Crippen LogP contribution in [0, 0.1) is 11.3 Å². The molecule has 144 valence electrons. The molecule has 8 heteroatoms. The summed E-state index contributed by atoms with van der Waals surface area (Å²) in [6.07, 6.45) is 5.54. The van der Waals surface area contributed by atoms with E-state index in [1.807, 2.05) is 29.2 Å². The van der Waals surface area contributed by atoms with Gasteiger partial charge in [0.2, 0.25) is 0 Å². The van der Waals surface area contributed by atoms with Crippen molar-refractivity contribution < 1.29 is 14.7 Å². The van der Waals surface area contributed by atoms with E-state index in [2.05, 4.69) is 15.2 Å². The maximum Gasteiger partial charge on any atom is 0.303 e. The molecule has 0 unspecified atom stereocenters. The molecule has 1 aliphatic heterocycles. The van der Waals surface area contributed by atoms with Gasteiger partial charge in [-0.25, -0.2) is 4.98 Å². The third-order valence-corrected chi connectivity index (χ3v) is 4.32. The molecule has 0 radical (unpaired) electrons. The van der Waals surface area contributed by atoms with Gasteiger partial charge < -0.3 is 20.2 Å². The van der Waals surface area contributed by atoms with Crippen LogP contribution < -0.4 is 10.2 Å². The highest BCUT2D eigenvalue weighted by Crippen LogP contribution is 2.13. The number of unbranched alkanes of at least 4 members (excludes halogenated alkanes) is 2. The second-order valence-electron chi connectivity index (χ2n) is 6.33. The van der Waals surface area contributed by atoms with E-state index in [0.717, 1.165) is 25.3 Å². The number of aromatic nitrogens is 1. The molecular formula is C19H25N5O3. The summed E-state index contributed by atoms with van der Waals surface area (Å²) in [6, 6.07) is 7.77. The molecule has 1 saturated heterocycles. The van der Waals surface area contributed by atoms with Crippen molar-refractivity contribution in [1.82, 2.24) is 15.2 Å². The summed E-state index contributed by atoms with van der Waals surface area (Å²) in [5.74, 6) is -0.262. The highest BCUT2D eigenvalue weighted by atomic mass is 16.4. The lowest BCUT2D eigenvalue weighted by atomic mass is 10.2. The van der Waals surface area contributed by atoms with Crippen molar-refractivity contribution in [3.05, 3.63) is 36.2 Å². The van der Waals surface area contributed by atoms with Gasteiger partial charge in [-0.05, 0) is 25.0 Å². The smallest absolute Gasteiger partial charge is 0.303 e. The third-order valence-electron chi connectivity index (χ3n) is 4.32. The fourth-order valence-electron chi connectivity index (χ4n) is 2.82. The van der Waals surface area contributed by atoms with Gasteiger partial charge in [0, 0.05) is 51.5 Å². The van der Waals surface area contributed by atoms with Crippen LogP contribution >= 0.6 is 0 Å². The maximum atomic E-state index is 12.1. The van der Waals surface area contributed by atoms with Gasteiger partial charge in [0.25, 0.3) is 5.91 Å². The molecule has 0 atom stereocenters. The van der Waals surface area contributed by atoms with Crippen molar-refractivity contribution in [3.8, 4) is 6.07 Å². The Morgan fingerprint density at radius 2 is 2.00 bits per heavy atom. The number of hydrogen-bond donors (Lipinski definition) is 2. The van der Waals surface area contributed by atoms with Gasteiger partial charge in [-0.2, -0.15) is 5.26 Å². The molecule has 2 heterocycles. The molecular weight excluding hydrogens is 346 g/mol. The van der Waals surface area contributed by atoms with E-state index in [1.54, 1.807) is 12.4 Å². The minimum absolute atomic E-state index is 0.0897. The predicted octanol–water partition coefficient (Wildman–Crippen LogP) is 1.37. The van der Waals surface area contributed by atoms with E-state index in [4.69, 9.17) is 5.11 Å². The highest BCUT2D eigenvalue weighted by Gasteiger charge is 2.18. The minimum Gasteiger partial charge on any atom is -0.481 e. The Kier molecular flexibility index (Phi) is 8.10. The molecule has 1 aliphatic rings. The van der Waals surface area contributed by atoms with Gasteiger partial charge >= 0.3 is 5.97 Å². The Bertz CT molecular complexity index is 691. The van der Waals surface area contributed by atoms with E-state index in [1.165, 1.54) is 0 Å². The molecule has 8 nitrogen and oxygen atoms in total. The molecule has 0 spiro atoms. The topological polar surface area (TPSA) is 110 Å². The summed E-state index contributed by atoms with van der Waals surface area (Å²) in [4.78, 5) is 31.1. The summed E-state index contributed by atoms with van der Waals surface area (Å²) in [7, 11) is 0. The van der Waals surface area contributed by atoms with Crippen LogP contribution in [0.3, 0.4) is 0 Å². The molecule has 0 saturated carbocycles. The monoisotopic (exact) mass is 371 g/mol. The number of hydrogen-bond acceptors (Lipinski definition) is 6. The van der Waals surface area contributed by atoms with Gasteiger partial charge in [-0.3, -0.25) is 9.59 Å². The van der Waals surface area contributed by atoms with Gasteiger partial charge in [-0.15, -0.1) is 0 Å². The lowest BCUT2D eigenvalue weighted by molar-refractivity contribution is -0.137. The normalized spacial score (nSPS) is 14.6. The molecule has 0 aromatic carbocycles. The molecule has 0 bridgehead atoms. The first-order valence-electron chi connectivity index (χ1n) is 9.12. The van der Waals surface area contributed by atoms with E-state index >= 15 is 0 Å². The van der Waals surface area contributed by atoms with Crippen molar-refractivity contribution in [2.45, 2.75) is 25.7 Å². The fraction of sp³-hybridized carbons (Fsp3) is 0.474. The number of nitrogens with zero attached hydrogens (tertiary/aromatic N) is 4. The molecule has 1 aromatic rings. The van der Waals surface area contributed by atoms with E-state index in [9.17, 15) is 14.9 Å². The Labute approximate surface area is 159 Å². The molecule has 2 rings (SSSR count). The molecule has 2 N–H and O–H groups in total. The summed E-state index contributed by atoms with van der Waals surface area (Å²) in [5.41, 5.74) is 0.0897. The van der Waals surface area contributed by atoms with E-state index < -0.39 is 5.97 Å². The zero-order chi connectivity index (χ0) is 19.5. The third kappa shape index (κ3) is 6.98. The van der Waals surface area contributed by atoms with Crippen molar-refractivity contribution in [3.63, 3.8) is 0 Å². The zero-order valence-corrected chi connectivity index (χ0v) is 15.3. The number of nitrogens with one attached hydrogen (secondary N) is 1. The van der Waals surface area contributed by atoms with Crippen molar-refractivity contribution in [2.24, 2.45) is 0 Å². The zero-order valence-electron chi connectivity index (χ0n) is 15.3. The van der Waals surface area contributed by atoms with Crippen LogP contribution in [0.5, 0.6) is 0 Å². The number of carbonyl (C=O) groups is 2. The molecule has 1 fully saturated rings. The number of carboxylic acids is 1. The molecule has 27 heavy (non-hydrogen) atoms. The summed E-state index contributed by atoms with van der Waals surface area (Å²) < 4.78 is 0. The number of amides is 1. The first kappa shape index (κ1) is 20.2. The van der Waals surface area contributed by atoms with E-state index in [0.29, 0.717) is 32.5 Å². The van der Waals surface area contributed by atoms with Crippen LogP contribution in [0.2, 0.25) is 0 Å². The second kappa shape index (κ2) is 10.8. The minimum atomic E-state index is -0.808. The number of nitriles is 1. The Morgan fingerprint density at radius 1 is 1.22 bits per heavy atom. The average Bonchev–Trinajstić information content (AvgIpc) is 2.69. The SMILES string of the molecule is N#C/C(=C/N1CCN(c2ccccn2)CC1)C(=O)NCCCCCC(=O)O. The number of anilines is 1. The van der Waals surface area contributed by atoms with Gasteiger partial charge in [-0.1, -0.05) is 12.5 Å². The highest BCUT2D eigenvalue weighted by molar-refractivity contribution is 5.97. The predicted molar refractivity (Wildman–Crippen MR) is 101 cm³/mol. The van der Waals surface area contributed by atoms with Crippen LogP contribution in [0.4, 0.5) is 5.82 Å². The van der Waals surface area contributed by atoms with Crippen molar-refractivity contribution in [2.75, 3.05) is 37.6 Å². The van der Waals surface area contributed by atoms with Crippen LogP contribution in [-0.4, -0.2) is 59.6 Å². The molecule has 0 aliphatic carbocycles. The Hall–Kier alpha value is -3.08. The number of pyridine rings is 1. The van der Waals surface area contributed by atoms with Gasteiger partial charge in [0.05, 0.1) is 0 Å². The van der Waals surface area contributed by atoms with E-state index in [-0.39, 0.29) is 17.9 Å². The van der Waals surface area contributed by atoms with Crippen LogP contribution in [0.1, 0.15) is 25.7 Å². The Balaban J connectivity index is 1.74. The van der Waals surface area contributed by atoms with Crippen molar-refractivity contribution in [1.29, 1.82) is 5.26 Å². The average molecular weight is 371 g/mol. The summed E-state index contributed by atoms with van der Waals surface area (Å²) >= 11 is 0. The van der Waals surface area contributed by atoms with Crippen LogP contribution in [-0.2, 0) is 9.59 Å². The quantitative estimate of drug-likeness (QED) is 0.383. The lowest BCUT2D eigenvalue weighted by Gasteiger charge is -2.34. The summed E-state index contributed by atoms with van der Waals surface area (Å²) in [5, 5.41) is 20.6. The maximum absolute atomic E-state index is 12.1. The number of rotatable bonds is 9.